The van der Waals surface area contributed by atoms with Crippen LogP contribution in [0.1, 0.15) is 25.8 Å². The molecular weight excluding hydrogens is 344 g/mol. The molecule has 0 radical (unpaired) electrons. The van der Waals surface area contributed by atoms with E-state index >= 15 is 0 Å². The first-order valence-corrected chi connectivity index (χ1v) is 9.69. The van der Waals surface area contributed by atoms with Crippen molar-refractivity contribution in [1.29, 1.82) is 0 Å². The zero-order chi connectivity index (χ0) is 19.2. The van der Waals surface area contributed by atoms with Gasteiger partial charge in [0.05, 0.1) is 33.0 Å². The van der Waals surface area contributed by atoms with E-state index < -0.39 is 0 Å². The molecule has 6 heteroatoms. The minimum absolute atomic E-state index is 0.0236. The predicted molar refractivity (Wildman–Crippen MR) is 105 cm³/mol. The second kappa shape index (κ2) is 9.24. The Balaban J connectivity index is 1.59. The van der Waals surface area contributed by atoms with Crippen molar-refractivity contribution >= 4 is 16.9 Å². The molecule has 1 aliphatic heterocycles. The lowest BCUT2D eigenvalue weighted by atomic mass is 10.0. The van der Waals surface area contributed by atoms with E-state index in [2.05, 4.69) is 24.1 Å². The third-order valence-electron chi connectivity index (χ3n) is 5.05. The molecule has 1 amide bonds. The minimum atomic E-state index is 0.0236. The largest absolute Gasteiger partial charge is 0.497 e. The number of fused-ring (bicyclic) bond motifs is 1. The van der Waals surface area contributed by atoms with Gasteiger partial charge in [0.25, 0.3) is 0 Å². The van der Waals surface area contributed by atoms with E-state index in [1.807, 2.05) is 18.2 Å². The van der Waals surface area contributed by atoms with Crippen LogP contribution in [0.25, 0.3) is 11.0 Å². The Bertz CT molecular complexity index is 750. The Hall–Kier alpha value is -2.05. The van der Waals surface area contributed by atoms with Crippen molar-refractivity contribution in [3.05, 3.63) is 30.0 Å². The molecule has 0 bridgehead atoms. The summed E-state index contributed by atoms with van der Waals surface area (Å²) < 4.78 is 16.3. The summed E-state index contributed by atoms with van der Waals surface area (Å²) in [5, 5.41) is 4.08. The summed E-state index contributed by atoms with van der Waals surface area (Å²) in [6.45, 7) is 8.52. The molecule has 6 nitrogen and oxygen atoms in total. The van der Waals surface area contributed by atoms with Gasteiger partial charge < -0.3 is 19.2 Å². The predicted octanol–water partition coefficient (Wildman–Crippen LogP) is 2.85. The van der Waals surface area contributed by atoms with Crippen molar-refractivity contribution in [2.24, 2.45) is 5.92 Å². The standard InChI is InChI=1S/C21H30N2O4/c1-15(2)10-17(23-6-8-26-9-7-23)13-22-21(24)11-16-14-27-20-12-18(25-3)4-5-19(16)20/h4-5,12,14-15,17H,6-11,13H2,1-3H3,(H,22,24). The van der Waals surface area contributed by atoms with Crippen molar-refractivity contribution in [3.63, 3.8) is 0 Å². The number of carbonyl (C=O) groups is 1. The first-order chi connectivity index (χ1) is 13.1. The van der Waals surface area contributed by atoms with E-state index in [9.17, 15) is 4.79 Å². The van der Waals surface area contributed by atoms with Gasteiger partial charge in [-0.2, -0.15) is 0 Å². The van der Waals surface area contributed by atoms with Gasteiger partial charge in [-0.05, 0) is 24.5 Å². The van der Waals surface area contributed by atoms with E-state index in [1.165, 1.54) is 0 Å². The highest BCUT2D eigenvalue weighted by molar-refractivity contribution is 5.88. The lowest BCUT2D eigenvalue weighted by Crippen LogP contribution is -2.49. The summed E-state index contributed by atoms with van der Waals surface area (Å²) >= 11 is 0. The number of nitrogens with zero attached hydrogens (tertiary/aromatic N) is 1. The summed E-state index contributed by atoms with van der Waals surface area (Å²) in [5.41, 5.74) is 1.64. The fourth-order valence-corrected chi connectivity index (χ4v) is 3.64. The summed E-state index contributed by atoms with van der Waals surface area (Å²) in [5.74, 6) is 1.35. The van der Waals surface area contributed by atoms with E-state index in [0.29, 0.717) is 24.9 Å². The van der Waals surface area contributed by atoms with Crippen molar-refractivity contribution in [3.8, 4) is 5.75 Å². The van der Waals surface area contributed by atoms with Crippen LogP contribution in [-0.2, 0) is 16.0 Å². The van der Waals surface area contributed by atoms with Crippen LogP contribution in [-0.4, -0.2) is 56.8 Å². The first kappa shape index (κ1) is 19.7. The maximum atomic E-state index is 12.5. The SMILES string of the molecule is COc1ccc2c(CC(=O)NCC(CC(C)C)N3CCOCC3)coc2c1. The first-order valence-electron chi connectivity index (χ1n) is 9.69. The Morgan fingerprint density at radius 1 is 1.30 bits per heavy atom. The number of amides is 1. The summed E-state index contributed by atoms with van der Waals surface area (Å²) in [6, 6.07) is 6.02. The maximum absolute atomic E-state index is 12.5. The van der Waals surface area contributed by atoms with Crippen LogP contribution in [0.5, 0.6) is 5.75 Å². The molecule has 1 aromatic carbocycles. The second-order valence-corrected chi connectivity index (χ2v) is 7.54. The number of hydrogen-bond donors (Lipinski definition) is 1. The average Bonchev–Trinajstić information content (AvgIpc) is 3.07. The third kappa shape index (κ3) is 5.23. The molecule has 27 heavy (non-hydrogen) atoms. The van der Waals surface area contributed by atoms with Crippen LogP contribution in [0.4, 0.5) is 0 Å². The highest BCUT2D eigenvalue weighted by Crippen LogP contribution is 2.25. The number of nitrogens with one attached hydrogen (secondary N) is 1. The molecule has 0 aliphatic carbocycles. The van der Waals surface area contributed by atoms with Crippen LogP contribution in [0, 0.1) is 5.92 Å². The van der Waals surface area contributed by atoms with Gasteiger partial charge in [-0.15, -0.1) is 0 Å². The lowest BCUT2D eigenvalue weighted by Gasteiger charge is -2.35. The summed E-state index contributed by atoms with van der Waals surface area (Å²) in [7, 11) is 1.63. The van der Waals surface area contributed by atoms with Crippen LogP contribution in [0.2, 0.25) is 0 Å². The van der Waals surface area contributed by atoms with Crippen molar-refractivity contribution in [1.82, 2.24) is 10.2 Å². The zero-order valence-corrected chi connectivity index (χ0v) is 16.5. The van der Waals surface area contributed by atoms with E-state index in [1.54, 1.807) is 13.4 Å². The third-order valence-corrected chi connectivity index (χ3v) is 5.05. The lowest BCUT2D eigenvalue weighted by molar-refractivity contribution is -0.120. The number of hydrogen-bond acceptors (Lipinski definition) is 5. The molecule has 1 saturated heterocycles. The van der Waals surface area contributed by atoms with Gasteiger partial charge in [-0.25, -0.2) is 0 Å². The molecule has 148 valence electrons. The summed E-state index contributed by atoms with van der Waals surface area (Å²) in [4.78, 5) is 15.0. The molecule has 1 aromatic heterocycles. The van der Waals surface area contributed by atoms with Gasteiger partial charge in [0, 0.05) is 42.7 Å². The molecule has 1 N–H and O–H groups in total. The number of ether oxygens (including phenoxy) is 2. The van der Waals surface area contributed by atoms with Crippen molar-refractivity contribution in [2.45, 2.75) is 32.7 Å². The Morgan fingerprint density at radius 3 is 2.78 bits per heavy atom. The van der Waals surface area contributed by atoms with E-state index in [-0.39, 0.29) is 5.91 Å². The number of methoxy groups -OCH3 is 1. The molecule has 1 unspecified atom stereocenters. The van der Waals surface area contributed by atoms with Crippen molar-refractivity contribution < 1.29 is 18.7 Å². The highest BCUT2D eigenvalue weighted by atomic mass is 16.5. The number of furan rings is 1. The fourth-order valence-electron chi connectivity index (χ4n) is 3.64. The van der Waals surface area contributed by atoms with Gasteiger partial charge >= 0.3 is 0 Å². The highest BCUT2D eigenvalue weighted by Gasteiger charge is 2.22. The number of morpholine rings is 1. The molecule has 3 rings (SSSR count). The molecule has 1 aliphatic rings. The van der Waals surface area contributed by atoms with Gasteiger partial charge in [-0.1, -0.05) is 13.8 Å². The molecule has 1 atom stereocenters. The molecule has 0 spiro atoms. The number of carbonyl (C=O) groups excluding carboxylic acids is 1. The number of benzene rings is 1. The average molecular weight is 374 g/mol. The Labute approximate surface area is 160 Å². The van der Waals surface area contributed by atoms with Gasteiger partial charge in [-0.3, -0.25) is 9.69 Å². The topological polar surface area (TPSA) is 63.9 Å². The Morgan fingerprint density at radius 2 is 2.07 bits per heavy atom. The van der Waals surface area contributed by atoms with Crippen LogP contribution < -0.4 is 10.1 Å². The van der Waals surface area contributed by atoms with Crippen LogP contribution in [0.15, 0.2) is 28.9 Å². The Kier molecular flexibility index (Phi) is 6.74. The maximum Gasteiger partial charge on any atom is 0.224 e. The second-order valence-electron chi connectivity index (χ2n) is 7.54. The van der Waals surface area contributed by atoms with E-state index in [4.69, 9.17) is 13.9 Å². The van der Waals surface area contributed by atoms with E-state index in [0.717, 1.165) is 55.0 Å². The fraction of sp³-hybridized carbons (Fsp3) is 0.571. The van der Waals surface area contributed by atoms with Crippen LogP contribution >= 0.6 is 0 Å². The molecule has 1 fully saturated rings. The molecule has 2 heterocycles. The molecular formula is C21H30N2O4. The number of rotatable bonds is 8. The quantitative estimate of drug-likeness (QED) is 0.770. The summed E-state index contributed by atoms with van der Waals surface area (Å²) in [6.07, 6.45) is 3.04. The molecule has 2 aromatic rings. The normalized spacial score (nSPS) is 16.6. The zero-order valence-electron chi connectivity index (χ0n) is 16.5. The van der Waals surface area contributed by atoms with Gasteiger partial charge in [0.2, 0.25) is 5.91 Å². The monoisotopic (exact) mass is 374 g/mol. The molecule has 0 saturated carbocycles. The van der Waals surface area contributed by atoms with Crippen LogP contribution in [0.3, 0.4) is 0 Å². The minimum Gasteiger partial charge on any atom is -0.497 e. The van der Waals surface area contributed by atoms with Crippen molar-refractivity contribution in [2.75, 3.05) is 40.0 Å². The smallest absolute Gasteiger partial charge is 0.224 e. The van der Waals surface area contributed by atoms with Gasteiger partial charge in [0.1, 0.15) is 11.3 Å². The van der Waals surface area contributed by atoms with Gasteiger partial charge in [0.15, 0.2) is 0 Å².